The highest BCUT2D eigenvalue weighted by Gasteiger charge is 2.33. The third kappa shape index (κ3) is 3.19. The summed E-state index contributed by atoms with van der Waals surface area (Å²) >= 11 is 0. The Morgan fingerprint density at radius 3 is 2.76 bits per heavy atom. The molecule has 1 aromatic rings. The average molecular weight is 233 g/mol. The van der Waals surface area contributed by atoms with Gasteiger partial charge in [-0.25, -0.2) is 4.98 Å². The largest absolute Gasteiger partial charge is 0.359 e. The minimum absolute atomic E-state index is 0.870. The van der Waals surface area contributed by atoms with E-state index in [1.54, 1.807) is 0 Å². The molecule has 0 bridgehead atoms. The van der Waals surface area contributed by atoms with Crippen molar-refractivity contribution in [2.75, 3.05) is 25.5 Å². The zero-order chi connectivity index (χ0) is 12.4. The average Bonchev–Trinajstić information content (AvgIpc) is 2.93. The molecule has 1 heterocycles. The molecule has 1 aromatic heterocycles. The number of nitrogens with one attached hydrogen (secondary N) is 1. The lowest BCUT2D eigenvalue weighted by atomic mass is 10.2. The fraction of sp³-hybridized carbons (Fsp3) is 0.643. The van der Waals surface area contributed by atoms with E-state index in [-0.39, 0.29) is 0 Å². The highest BCUT2D eigenvalue weighted by atomic mass is 15.2. The van der Waals surface area contributed by atoms with Gasteiger partial charge in [-0.1, -0.05) is 6.92 Å². The molecule has 1 N–H and O–H groups in total. The van der Waals surface area contributed by atoms with Crippen molar-refractivity contribution in [3.63, 3.8) is 0 Å². The minimum Gasteiger partial charge on any atom is -0.359 e. The molecule has 94 valence electrons. The van der Waals surface area contributed by atoms with Gasteiger partial charge in [-0.05, 0) is 49.9 Å². The van der Waals surface area contributed by atoms with Gasteiger partial charge >= 0.3 is 0 Å². The van der Waals surface area contributed by atoms with E-state index in [9.17, 15) is 0 Å². The Morgan fingerprint density at radius 2 is 2.18 bits per heavy atom. The Bertz CT molecular complexity index is 389. The van der Waals surface area contributed by atoms with Crippen LogP contribution < -0.4 is 10.2 Å². The summed E-state index contributed by atoms with van der Waals surface area (Å²) in [7, 11) is 4.13. The van der Waals surface area contributed by atoms with Crippen LogP contribution >= 0.6 is 0 Å². The second kappa shape index (κ2) is 5.05. The molecule has 1 saturated carbocycles. The first kappa shape index (κ1) is 12.4. The fourth-order valence-electron chi connectivity index (χ4n) is 2.32. The summed E-state index contributed by atoms with van der Waals surface area (Å²) in [6, 6.07) is 4.34. The van der Waals surface area contributed by atoms with Gasteiger partial charge in [-0.2, -0.15) is 0 Å². The SMILES string of the molecule is CNCc1cc(C)nc(N(C)CC2CC2C)c1. The molecule has 0 spiro atoms. The maximum atomic E-state index is 4.62. The smallest absolute Gasteiger partial charge is 0.128 e. The molecule has 0 radical (unpaired) electrons. The molecule has 1 aliphatic carbocycles. The van der Waals surface area contributed by atoms with Crippen LogP contribution in [0.25, 0.3) is 0 Å². The molecule has 0 aliphatic heterocycles. The monoisotopic (exact) mass is 233 g/mol. The zero-order valence-corrected chi connectivity index (χ0v) is 11.3. The van der Waals surface area contributed by atoms with Gasteiger partial charge in [0.25, 0.3) is 0 Å². The molecule has 1 fully saturated rings. The van der Waals surface area contributed by atoms with E-state index < -0.39 is 0 Å². The fourth-order valence-corrected chi connectivity index (χ4v) is 2.32. The highest BCUT2D eigenvalue weighted by molar-refractivity contribution is 5.42. The quantitative estimate of drug-likeness (QED) is 0.845. The van der Waals surface area contributed by atoms with Crippen LogP contribution in [0.15, 0.2) is 12.1 Å². The molecule has 3 nitrogen and oxygen atoms in total. The Labute approximate surface area is 104 Å². The molecule has 3 heteroatoms. The Morgan fingerprint density at radius 1 is 1.47 bits per heavy atom. The lowest BCUT2D eigenvalue weighted by Gasteiger charge is -2.19. The Balaban J connectivity index is 2.07. The van der Waals surface area contributed by atoms with Crippen molar-refractivity contribution in [1.29, 1.82) is 0 Å². The topological polar surface area (TPSA) is 28.2 Å². The zero-order valence-electron chi connectivity index (χ0n) is 11.3. The van der Waals surface area contributed by atoms with Crippen LogP contribution in [0.4, 0.5) is 5.82 Å². The van der Waals surface area contributed by atoms with Crippen molar-refractivity contribution in [1.82, 2.24) is 10.3 Å². The van der Waals surface area contributed by atoms with Crippen LogP contribution in [0.3, 0.4) is 0 Å². The number of aromatic nitrogens is 1. The lowest BCUT2D eigenvalue weighted by Crippen LogP contribution is -2.22. The number of pyridine rings is 1. The molecule has 2 unspecified atom stereocenters. The van der Waals surface area contributed by atoms with Crippen molar-refractivity contribution >= 4 is 5.82 Å². The van der Waals surface area contributed by atoms with E-state index in [0.717, 1.165) is 36.4 Å². The standard InChI is InChI=1S/C14H23N3/c1-10-5-13(10)9-17(4)14-7-12(8-15-3)6-11(2)16-14/h6-7,10,13,15H,5,8-9H2,1-4H3. The number of nitrogens with zero attached hydrogens (tertiary/aromatic N) is 2. The molecular formula is C14H23N3. The summed E-state index contributed by atoms with van der Waals surface area (Å²) in [6.45, 7) is 6.44. The van der Waals surface area contributed by atoms with Gasteiger partial charge in [0.05, 0.1) is 0 Å². The van der Waals surface area contributed by atoms with E-state index in [1.807, 2.05) is 7.05 Å². The lowest BCUT2D eigenvalue weighted by molar-refractivity contribution is 0.717. The normalized spacial score (nSPS) is 22.6. The molecular weight excluding hydrogens is 210 g/mol. The van der Waals surface area contributed by atoms with E-state index in [0.29, 0.717) is 0 Å². The number of hydrogen-bond donors (Lipinski definition) is 1. The number of anilines is 1. The Kier molecular flexibility index (Phi) is 3.67. The summed E-state index contributed by atoms with van der Waals surface area (Å²) in [4.78, 5) is 6.91. The molecule has 0 aromatic carbocycles. The van der Waals surface area contributed by atoms with Crippen molar-refractivity contribution in [2.45, 2.75) is 26.8 Å². The first-order valence-electron chi connectivity index (χ1n) is 6.43. The molecule has 1 aliphatic rings. The van der Waals surface area contributed by atoms with E-state index >= 15 is 0 Å². The molecule has 2 atom stereocenters. The van der Waals surface area contributed by atoms with Gasteiger partial charge in [0.1, 0.15) is 5.82 Å². The first-order chi connectivity index (χ1) is 8.10. The van der Waals surface area contributed by atoms with E-state index in [2.05, 4.69) is 48.2 Å². The molecule has 17 heavy (non-hydrogen) atoms. The highest BCUT2D eigenvalue weighted by Crippen LogP contribution is 2.38. The minimum atomic E-state index is 0.870. The predicted octanol–water partition coefficient (Wildman–Crippen LogP) is 2.20. The summed E-state index contributed by atoms with van der Waals surface area (Å²) in [5, 5.41) is 3.19. The maximum Gasteiger partial charge on any atom is 0.128 e. The van der Waals surface area contributed by atoms with E-state index in [4.69, 9.17) is 0 Å². The Hall–Kier alpha value is -1.09. The van der Waals surface area contributed by atoms with Crippen LogP contribution in [-0.2, 0) is 6.54 Å². The number of rotatable bonds is 5. The number of hydrogen-bond acceptors (Lipinski definition) is 3. The first-order valence-corrected chi connectivity index (χ1v) is 6.43. The number of aryl methyl sites for hydroxylation is 1. The third-order valence-electron chi connectivity index (χ3n) is 3.56. The van der Waals surface area contributed by atoms with Crippen LogP contribution in [0, 0.1) is 18.8 Å². The van der Waals surface area contributed by atoms with Crippen LogP contribution in [0.1, 0.15) is 24.6 Å². The van der Waals surface area contributed by atoms with Gasteiger partial charge in [0, 0.05) is 25.8 Å². The van der Waals surface area contributed by atoms with Crippen LogP contribution in [0.2, 0.25) is 0 Å². The van der Waals surface area contributed by atoms with Crippen molar-refractivity contribution < 1.29 is 0 Å². The van der Waals surface area contributed by atoms with Crippen molar-refractivity contribution in [2.24, 2.45) is 11.8 Å². The van der Waals surface area contributed by atoms with Gasteiger partial charge in [0.2, 0.25) is 0 Å². The van der Waals surface area contributed by atoms with Crippen LogP contribution in [-0.4, -0.2) is 25.6 Å². The molecule has 0 saturated heterocycles. The summed E-state index contributed by atoms with van der Waals surface area (Å²) < 4.78 is 0. The summed E-state index contributed by atoms with van der Waals surface area (Å²) in [6.07, 6.45) is 1.37. The van der Waals surface area contributed by atoms with Gasteiger partial charge in [-0.3, -0.25) is 0 Å². The molecule has 0 amide bonds. The second-order valence-corrected chi connectivity index (χ2v) is 5.36. The summed E-state index contributed by atoms with van der Waals surface area (Å²) in [5.74, 6) is 2.88. The summed E-state index contributed by atoms with van der Waals surface area (Å²) in [5.41, 5.74) is 2.41. The maximum absolute atomic E-state index is 4.62. The van der Waals surface area contributed by atoms with Crippen molar-refractivity contribution in [3.8, 4) is 0 Å². The van der Waals surface area contributed by atoms with Gasteiger partial charge < -0.3 is 10.2 Å². The van der Waals surface area contributed by atoms with Gasteiger partial charge in [-0.15, -0.1) is 0 Å². The van der Waals surface area contributed by atoms with Crippen LogP contribution in [0.5, 0.6) is 0 Å². The van der Waals surface area contributed by atoms with Gasteiger partial charge in [0.15, 0.2) is 0 Å². The van der Waals surface area contributed by atoms with Crippen molar-refractivity contribution in [3.05, 3.63) is 23.4 Å². The van der Waals surface area contributed by atoms with E-state index in [1.165, 1.54) is 12.0 Å². The third-order valence-corrected chi connectivity index (χ3v) is 3.56. The molecule has 2 rings (SSSR count). The predicted molar refractivity (Wildman–Crippen MR) is 72.3 cm³/mol. The second-order valence-electron chi connectivity index (χ2n) is 5.36.